The zero-order chi connectivity index (χ0) is 57.9. The Morgan fingerprint density at radius 3 is 2.37 bits per heavy atom. The van der Waals surface area contributed by atoms with Gasteiger partial charge in [0.15, 0.2) is 0 Å². The SMILES string of the molecule is CCC1C[C@H](C)[C@@](O)(C(C)C(O)C(C)CCC(O)C(C)CC/C=C/C=C(\C)[C@H](C/C=C/C=C/[C@H](O)C(C)C2OC(C)CCC2C)OC(=O)C2CCCN(C(=O)C(Cc3cccc(O)c3)NC(=O)C(NC=O)C(C)C)N2)NC1=O. The van der Waals surface area contributed by atoms with Gasteiger partial charge in [-0.05, 0) is 125 Å². The van der Waals surface area contributed by atoms with Gasteiger partial charge in [-0.3, -0.25) is 29.0 Å². The lowest BCUT2D eigenvalue weighted by Gasteiger charge is -2.47. The van der Waals surface area contributed by atoms with Crippen LogP contribution in [0.25, 0.3) is 0 Å². The summed E-state index contributed by atoms with van der Waals surface area (Å²) >= 11 is 0. The third kappa shape index (κ3) is 19.1. The number of phenolic OH excluding ortho intramolecular Hbond substituents is 1. The minimum absolute atomic E-state index is 0.00406. The average Bonchev–Trinajstić information content (AvgIpc) is 3.44. The number of nitrogens with one attached hydrogen (secondary N) is 4. The third-order valence-electron chi connectivity index (χ3n) is 16.8. The second-order valence-electron chi connectivity index (χ2n) is 23.4. The molecule has 17 heteroatoms. The van der Waals surface area contributed by atoms with Crippen molar-refractivity contribution in [3.05, 3.63) is 77.9 Å². The second kappa shape index (κ2) is 31.8. The maximum absolute atomic E-state index is 14.3. The van der Waals surface area contributed by atoms with Gasteiger partial charge < -0.3 is 51.0 Å². The minimum Gasteiger partial charge on any atom is -0.508 e. The van der Waals surface area contributed by atoms with E-state index in [-0.39, 0.29) is 72.3 Å². The molecule has 0 radical (unpaired) electrons. The van der Waals surface area contributed by atoms with E-state index in [0.717, 1.165) is 18.4 Å². The fraction of sp³-hybridized carbons (Fsp3) is 0.689. The molecule has 0 saturated carbocycles. The number of aliphatic hydroxyl groups excluding tert-OH is 3. The Kier molecular flexibility index (Phi) is 26.7. The summed E-state index contributed by atoms with van der Waals surface area (Å²) in [5, 5.41) is 64.7. The number of hydrazine groups is 1. The van der Waals surface area contributed by atoms with Crippen molar-refractivity contribution < 1.29 is 59.0 Å². The third-order valence-corrected chi connectivity index (χ3v) is 16.8. The first-order valence-corrected chi connectivity index (χ1v) is 28.9. The normalized spacial score (nSPS) is 27.3. The Labute approximate surface area is 465 Å². The van der Waals surface area contributed by atoms with E-state index in [1.807, 2.05) is 71.9 Å². The molecule has 1 aromatic rings. The number of phenols is 1. The van der Waals surface area contributed by atoms with Crippen molar-refractivity contribution in [3.8, 4) is 5.75 Å². The van der Waals surface area contributed by atoms with Gasteiger partial charge in [0.1, 0.15) is 35.7 Å². The number of nitrogens with zero attached hydrogens (tertiary/aromatic N) is 1. The molecule has 0 aromatic heterocycles. The van der Waals surface area contributed by atoms with Crippen LogP contribution < -0.4 is 21.4 Å². The Morgan fingerprint density at radius 1 is 0.962 bits per heavy atom. The van der Waals surface area contributed by atoms with Gasteiger partial charge in [-0.1, -0.05) is 117 Å². The molecule has 1 aromatic carbocycles. The van der Waals surface area contributed by atoms with Crippen LogP contribution in [-0.2, 0) is 39.9 Å². The zero-order valence-electron chi connectivity index (χ0n) is 48.5. The molecule has 0 aliphatic carbocycles. The van der Waals surface area contributed by atoms with Crippen LogP contribution in [0, 0.1) is 47.3 Å². The number of benzene rings is 1. The Hall–Kier alpha value is -4.91. The van der Waals surface area contributed by atoms with Crippen LogP contribution in [0.5, 0.6) is 5.75 Å². The predicted molar refractivity (Wildman–Crippen MR) is 302 cm³/mol. The number of rotatable bonds is 29. The van der Waals surface area contributed by atoms with Crippen LogP contribution in [-0.4, -0.2) is 128 Å². The highest BCUT2D eigenvalue weighted by atomic mass is 16.5. The van der Waals surface area contributed by atoms with Crippen molar-refractivity contribution in [1.82, 2.24) is 26.4 Å². The van der Waals surface area contributed by atoms with Crippen LogP contribution in [0.2, 0.25) is 0 Å². The highest BCUT2D eigenvalue weighted by molar-refractivity contribution is 5.91. The molecule has 3 fully saturated rings. The van der Waals surface area contributed by atoms with E-state index in [2.05, 4.69) is 35.2 Å². The molecule has 3 heterocycles. The van der Waals surface area contributed by atoms with E-state index in [0.29, 0.717) is 75.7 Å². The lowest BCUT2D eigenvalue weighted by molar-refractivity contribution is -0.170. The zero-order valence-corrected chi connectivity index (χ0v) is 48.5. The van der Waals surface area contributed by atoms with Gasteiger partial charge in [0.25, 0.3) is 5.91 Å². The number of amides is 4. The van der Waals surface area contributed by atoms with E-state index in [1.165, 1.54) is 17.1 Å². The molecule has 4 amide bonds. The van der Waals surface area contributed by atoms with Crippen molar-refractivity contribution in [2.45, 2.75) is 214 Å². The Morgan fingerprint density at radius 2 is 1.69 bits per heavy atom. The summed E-state index contributed by atoms with van der Waals surface area (Å²) in [4.78, 5) is 65.9. The molecule has 3 saturated heterocycles. The van der Waals surface area contributed by atoms with Crippen LogP contribution in [0.4, 0.5) is 0 Å². The van der Waals surface area contributed by atoms with Gasteiger partial charge in [0.2, 0.25) is 18.2 Å². The van der Waals surface area contributed by atoms with Gasteiger partial charge in [0, 0.05) is 43.1 Å². The largest absolute Gasteiger partial charge is 0.508 e. The van der Waals surface area contributed by atoms with Gasteiger partial charge in [-0.2, -0.15) is 0 Å². The maximum Gasteiger partial charge on any atom is 0.325 e. The standard InChI is InChI=1S/C61H97N5O12/c1-12-47-33-42(8)61(76,64-57(47)72)45(11)55(71)40(6)29-31-51(69)38(4)21-15-13-16-22-39(5)53(27-18-14-17-26-52(70)44(10)56-41(7)28-30-43(9)77-56)78-60(75)49-25-20-32-66(65-49)59(74)50(35-46-23-19-24-48(68)34-46)63-58(73)54(37(2)3)62-36-67/h13-14,16-19,22-24,26,34,36-38,40-45,47,49-56,65,68-71,76H,12,15,20-21,25,27-33,35H2,1-11H3,(H,62,67)(H,63,73)(H,64,72)/b16-13+,18-14+,26-17+,39-22+/t38?,40?,41?,42-,43?,44?,45?,47?,49?,50?,51?,52-,53-,54?,55?,56?,61+/m0/s1. The quantitative estimate of drug-likeness (QED) is 0.0226. The molecule has 17 nitrogen and oxygen atoms in total. The highest BCUT2D eigenvalue weighted by Crippen LogP contribution is 2.38. The summed E-state index contributed by atoms with van der Waals surface area (Å²) < 4.78 is 12.4. The highest BCUT2D eigenvalue weighted by Gasteiger charge is 2.49. The number of carbonyl (C=O) groups excluding carboxylic acids is 5. The molecule has 0 spiro atoms. The number of piperidine rings is 1. The summed E-state index contributed by atoms with van der Waals surface area (Å²) in [7, 11) is 0. The predicted octanol–water partition coefficient (Wildman–Crippen LogP) is 6.86. The monoisotopic (exact) mass is 1090 g/mol. The van der Waals surface area contributed by atoms with Gasteiger partial charge >= 0.3 is 5.97 Å². The van der Waals surface area contributed by atoms with Crippen LogP contribution >= 0.6 is 0 Å². The Bertz CT molecular complexity index is 2200. The topological polar surface area (TPSA) is 256 Å². The molecule has 438 valence electrons. The molecule has 3 aliphatic rings. The van der Waals surface area contributed by atoms with Crippen molar-refractivity contribution in [2.75, 3.05) is 6.54 Å². The summed E-state index contributed by atoms with van der Waals surface area (Å²) in [5.41, 5.74) is 2.89. The molecule has 17 atom stereocenters. The minimum atomic E-state index is -1.51. The number of ether oxygens (including phenoxy) is 2. The molecule has 4 rings (SSSR count). The van der Waals surface area contributed by atoms with E-state index in [9.17, 15) is 49.5 Å². The molecule has 13 unspecified atom stereocenters. The number of aliphatic hydroxyl groups is 4. The number of carbonyl (C=O) groups is 5. The van der Waals surface area contributed by atoms with Crippen molar-refractivity contribution >= 4 is 30.1 Å². The first-order valence-electron chi connectivity index (χ1n) is 28.9. The fourth-order valence-corrected chi connectivity index (χ4v) is 11.1. The van der Waals surface area contributed by atoms with Crippen molar-refractivity contribution in [3.63, 3.8) is 0 Å². The fourth-order valence-electron chi connectivity index (χ4n) is 11.1. The summed E-state index contributed by atoms with van der Waals surface area (Å²) in [6, 6.07) is 3.46. The lowest BCUT2D eigenvalue weighted by Crippen LogP contribution is -2.65. The summed E-state index contributed by atoms with van der Waals surface area (Å²) in [6.07, 6.45) is 17.4. The number of hydrogen-bond acceptors (Lipinski definition) is 13. The number of allylic oxidation sites excluding steroid dienone is 5. The van der Waals surface area contributed by atoms with Crippen LogP contribution in [0.3, 0.4) is 0 Å². The van der Waals surface area contributed by atoms with E-state index < -0.39 is 72.0 Å². The molecular formula is C61H97N5O12. The van der Waals surface area contributed by atoms with Crippen LogP contribution in [0.1, 0.15) is 152 Å². The smallest absolute Gasteiger partial charge is 0.325 e. The van der Waals surface area contributed by atoms with E-state index in [4.69, 9.17) is 9.47 Å². The van der Waals surface area contributed by atoms with Crippen molar-refractivity contribution in [1.29, 1.82) is 0 Å². The number of aromatic hydroxyl groups is 1. The van der Waals surface area contributed by atoms with E-state index in [1.54, 1.807) is 45.1 Å². The van der Waals surface area contributed by atoms with Gasteiger partial charge in [-0.15, -0.1) is 0 Å². The molecular weight excluding hydrogens is 995 g/mol. The maximum atomic E-state index is 14.3. The summed E-state index contributed by atoms with van der Waals surface area (Å²) in [5.74, 6) is -3.15. The Balaban J connectivity index is 1.43. The number of esters is 1. The average molecular weight is 1090 g/mol. The van der Waals surface area contributed by atoms with Gasteiger partial charge in [0.05, 0.1) is 30.5 Å². The second-order valence-corrected chi connectivity index (χ2v) is 23.4. The van der Waals surface area contributed by atoms with E-state index >= 15 is 0 Å². The summed E-state index contributed by atoms with van der Waals surface area (Å²) in [6.45, 7) is 21.4. The number of hydrogen-bond donors (Lipinski definition) is 9. The van der Waals surface area contributed by atoms with Gasteiger partial charge in [-0.25, -0.2) is 5.43 Å². The van der Waals surface area contributed by atoms with Crippen LogP contribution in [0.15, 0.2) is 72.4 Å². The first-order chi connectivity index (χ1) is 36.9. The molecule has 0 bridgehead atoms. The lowest BCUT2D eigenvalue weighted by atomic mass is 9.72. The van der Waals surface area contributed by atoms with Crippen molar-refractivity contribution in [2.24, 2.45) is 47.3 Å². The first kappa shape index (κ1) is 65.6. The molecule has 9 N–H and O–H groups in total. The molecule has 3 aliphatic heterocycles. The molecule has 78 heavy (non-hydrogen) atoms.